The van der Waals surface area contributed by atoms with Gasteiger partial charge < -0.3 is 4.90 Å². The molecular formula is C22H25NO. The lowest BCUT2D eigenvalue weighted by molar-refractivity contribution is -0.132. The van der Waals surface area contributed by atoms with E-state index in [0.717, 1.165) is 31.5 Å². The molecule has 0 aromatic heterocycles. The van der Waals surface area contributed by atoms with E-state index in [1.807, 2.05) is 12.1 Å². The Hall–Kier alpha value is -2.09. The summed E-state index contributed by atoms with van der Waals surface area (Å²) >= 11 is 0. The van der Waals surface area contributed by atoms with E-state index in [2.05, 4.69) is 48.2 Å². The molecule has 1 heterocycles. The number of piperidine rings is 1. The Morgan fingerprint density at radius 1 is 1.00 bits per heavy atom. The van der Waals surface area contributed by atoms with Crippen LogP contribution in [-0.2, 0) is 23.1 Å². The van der Waals surface area contributed by atoms with E-state index < -0.39 is 0 Å². The van der Waals surface area contributed by atoms with Crippen LogP contribution in [0, 0.1) is 6.92 Å². The Labute approximate surface area is 144 Å². The van der Waals surface area contributed by atoms with Gasteiger partial charge in [0.15, 0.2) is 0 Å². The number of hydrogen-bond acceptors (Lipinski definition) is 1. The molecule has 2 aliphatic rings. The maximum atomic E-state index is 12.7. The quantitative estimate of drug-likeness (QED) is 0.818. The number of nitrogens with zero attached hydrogens (tertiary/aromatic N) is 1. The molecule has 124 valence electrons. The zero-order chi connectivity index (χ0) is 16.6. The fourth-order valence-corrected chi connectivity index (χ4v) is 4.55. The molecular weight excluding hydrogens is 294 g/mol. The van der Waals surface area contributed by atoms with Gasteiger partial charge in [-0.05, 0) is 60.3 Å². The van der Waals surface area contributed by atoms with Crippen LogP contribution in [0.1, 0.15) is 41.5 Å². The number of hydrogen-bond donors (Lipinski definition) is 0. The van der Waals surface area contributed by atoms with Gasteiger partial charge in [-0.2, -0.15) is 0 Å². The van der Waals surface area contributed by atoms with Gasteiger partial charge in [-0.3, -0.25) is 4.79 Å². The number of carbonyl (C=O) groups excluding carboxylic acids is 1. The van der Waals surface area contributed by atoms with Crippen molar-refractivity contribution in [2.45, 2.75) is 44.4 Å². The first-order chi connectivity index (χ1) is 11.7. The third-order valence-electron chi connectivity index (χ3n) is 6.14. The fourth-order valence-electron chi connectivity index (χ4n) is 4.55. The van der Waals surface area contributed by atoms with Crippen molar-refractivity contribution in [3.63, 3.8) is 0 Å². The van der Waals surface area contributed by atoms with E-state index in [9.17, 15) is 4.79 Å². The number of carbonyl (C=O) groups is 1. The largest absolute Gasteiger partial charge is 0.342 e. The minimum Gasteiger partial charge on any atom is -0.342 e. The van der Waals surface area contributed by atoms with E-state index in [1.165, 1.54) is 24.0 Å². The maximum Gasteiger partial charge on any atom is 0.227 e. The fraction of sp³-hybridized carbons (Fsp3) is 0.409. The van der Waals surface area contributed by atoms with E-state index in [1.54, 1.807) is 5.56 Å². The lowest BCUT2D eigenvalue weighted by atomic mass is 9.74. The highest BCUT2D eigenvalue weighted by Gasteiger charge is 2.41. The summed E-state index contributed by atoms with van der Waals surface area (Å²) in [6.45, 7) is 3.89. The molecule has 24 heavy (non-hydrogen) atoms. The smallest absolute Gasteiger partial charge is 0.227 e. The van der Waals surface area contributed by atoms with Gasteiger partial charge in [0.1, 0.15) is 0 Å². The van der Waals surface area contributed by atoms with Crippen molar-refractivity contribution in [3.05, 3.63) is 70.8 Å². The van der Waals surface area contributed by atoms with Gasteiger partial charge in [-0.1, -0.05) is 48.5 Å². The molecule has 1 amide bonds. The molecule has 2 heteroatoms. The normalized spacial score (nSPS) is 18.6. The van der Waals surface area contributed by atoms with Gasteiger partial charge in [-0.15, -0.1) is 0 Å². The lowest BCUT2D eigenvalue weighted by Crippen LogP contribution is -2.44. The molecule has 1 fully saturated rings. The highest BCUT2D eigenvalue weighted by atomic mass is 16.2. The first-order valence-electron chi connectivity index (χ1n) is 9.09. The van der Waals surface area contributed by atoms with E-state index in [0.29, 0.717) is 11.8 Å². The van der Waals surface area contributed by atoms with Crippen molar-refractivity contribution < 1.29 is 4.79 Å². The molecule has 0 radical (unpaired) electrons. The Bertz CT molecular complexity index is 756. The number of likely N-dealkylation sites (tertiary alicyclic amines) is 1. The molecule has 0 atom stereocenters. The first-order valence-corrected chi connectivity index (χ1v) is 9.09. The van der Waals surface area contributed by atoms with E-state index in [-0.39, 0.29) is 5.91 Å². The van der Waals surface area contributed by atoms with Crippen LogP contribution in [0.4, 0.5) is 0 Å². The molecule has 0 bridgehead atoms. The SMILES string of the molecule is Cc1ccccc1CC(=O)N1CCC2(CCc3ccccc32)CC1. The summed E-state index contributed by atoms with van der Waals surface area (Å²) in [4.78, 5) is 14.8. The minimum atomic E-state index is 0.283. The highest BCUT2D eigenvalue weighted by molar-refractivity contribution is 5.79. The van der Waals surface area contributed by atoms with Gasteiger partial charge in [0.05, 0.1) is 6.42 Å². The van der Waals surface area contributed by atoms with Crippen LogP contribution in [0.5, 0.6) is 0 Å². The highest BCUT2D eigenvalue weighted by Crippen LogP contribution is 2.46. The average molecular weight is 319 g/mol. The van der Waals surface area contributed by atoms with Crippen LogP contribution in [0.25, 0.3) is 0 Å². The Morgan fingerprint density at radius 2 is 1.71 bits per heavy atom. The number of fused-ring (bicyclic) bond motifs is 2. The Balaban J connectivity index is 1.44. The van der Waals surface area contributed by atoms with Crippen molar-refractivity contribution in [1.82, 2.24) is 4.90 Å². The van der Waals surface area contributed by atoms with E-state index in [4.69, 9.17) is 0 Å². The van der Waals surface area contributed by atoms with Crippen LogP contribution in [0.2, 0.25) is 0 Å². The van der Waals surface area contributed by atoms with Gasteiger partial charge >= 0.3 is 0 Å². The Morgan fingerprint density at radius 3 is 2.50 bits per heavy atom. The van der Waals surface area contributed by atoms with Gasteiger partial charge in [0.2, 0.25) is 5.91 Å². The summed E-state index contributed by atoms with van der Waals surface area (Å²) < 4.78 is 0. The predicted molar refractivity (Wildman–Crippen MR) is 97.1 cm³/mol. The second kappa shape index (κ2) is 6.08. The second-order valence-corrected chi connectivity index (χ2v) is 7.42. The molecule has 2 aromatic rings. The molecule has 0 saturated carbocycles. The number of benzene rings is 2. The van der Waals surface area contributed by atoms with Gasteiger partial charge in [0.25, 0.3) is 0 Å². The zero-order valence-electron chi connectivity index (χ0n) is 14.4. The van der Waals surface area contributed by atoms with Crippen molar-refractivity contribution in [2.75, 3.05) is 13.1 Å². The van der Waals surface area contributed by atoms with Crippen LogP contribution >= 0.6 is 0 Å². The third kappa shape index (κ3) is 2.64. The molecule has 4 rings (SSSR count). The standard InChI is InChI=1S/C22H25NO/c1-17-6-2-3-8-19(17)16-21(24)23-14-12-22(13-15-23)11-10-18-7-4-5-9-20(18)22/h2-9H,10-16H2,1H3. The van der Waals surface area contributed by atoms with Crippen LogP contribution in [0.3, 0.4) is 0 Å². The molecule has 0 N–H and O–H groups in total. The van der Waals surface area contributed by atoms with Gasteiger partial charge in [-0.25, -0.2) is 0 Å². The van der Waals surface area contributed by atoms with Crippen LogP contribution in [0.15, 0.2) is 48.5 Å². The molecule has 1 aliphatic carbocycles. The summed E-state index contributed by atoms with van der Waals surface area (Å²) in [6, 6.07) is 17.1. The van der Waals surface area contributed by atoms with E-state index >= 15 is 0 Å². The minimum absolute atomic E-state index is 0.283. The zero-order valence-corrected chi connectivity index (χ0v) is 14.4. The number of amides is 1. The van der Waals surface area contributed by atoms with Crippen molar-refractivity contribution in [3.8, 4) is 0 Å². The topological polar surface area (TPSA) is 20.3 Å². The summed E-state index contributed by atoms with van der Waals surface area (Å²) in [5.74, 6) is 0.283. The predicted octanol–water partition coefficient (Wildman–Crippen LogP) is 4.04. The molecule has 2 nitrogen and oxygen atoms in total. The van der Waals surface area contributed by atoms with Gasteiger partial charge in [0, 0.05) is 13.1 Å². The molecule has 2 aromatic carbocycles. The van der Waals surface area contributed by atoms with Crippen molar-refractivity contribution >= 4 is 5.91 Å². The number of rotatable bonds is 2. The molecule has 1 spiro atoms. The first kappa shape index (κ1) is 15.4. The average Bonchev–Trinajstić information content (AvgIpc) is 2.96. The lowest BCUT2D eigenvalue weighted by Gasteiger charge is -2.40. The van der Waals surface area contributed by atoms with Crippen LogP contribution < -0.4 is 0 Å². The molecule has 1 saturated heterocycles. The summed E-state index contributed by atoms with van der Waals surface area (Å²) in [7, 11) is 0. The van der Waals surface area contributed by atoms with Crippen molar-refractivity contribution in [1.29, 1.82) is 0 Å². The monoisotopic (exact) mass is 319 g/mol. The third-order valence-corrected chi connectivity index (χ3v) is 6.14. The maximum absolute atomic E-state index is 12.7. The second-order valence-electron chi connectivity index (χ2n) is 7.42. The summed E-state index contributed by atoms with van der Waals surface area (Å²) in [5.41, 5.74) is 5.78. The molecule has 1 aliphatic heterocycles. The molecule has 0 unspecified atom stereocenters. The summed E-state index contributed by atoms with van der Waals surface area (Å²) in [5, 5.41) is 0. The van der Waals surface area contributed by atoms with Crippen molar-refractivity contribution in [2.24, 2.45) is 0 Å². The Kier molecular flexibility index (Phi) is 3.91. The van der Waals surface area contributed by atoms with Crippen LogP contribution in [-0.4, -0.2) is 23.9 Å². The number of aryl methyl sites for hydroxylation is 2. The summed E-state index contributed by atoms with van der Waals surface area (Å²) in [6.07, 6.45) is 5.23.